The number of nitrogens with one attached hydrogen (secondary N) is 1. The summed E-state index contributed by atoms with van der Waals surface area (Å²) < 4.78 is 49.5. The number of anilines is 1. The number of benzene rings is 2. The maximum atomic E-state index is 13.7. The summed E-state index contributed by atoms with van der Waals surface area (Å²) in [6, 6.07) is 12.0. The molecule has 2 saturated heterocycles. The Bertz CT molecular complexity index is 1710. The first-order chi connectivity index (χ1) is 25.5. The topological polar surface area (TPSA) is 104 Å². The van der Waals surface area contributed by atoms with Crippen LogP contribution in [0.1, 0.15) is 75.8 Å². The Labute approximate surface area is 321 Å². The number of piperazine rings is 1. The summed E-state index contributed by atoms with van der Waals surface area (Å²) in [7, 11) is -3.86. The van der Waals surface area contributed by atoms with Gasteiger partial charge in [0.1, 0.15) is 24.2 Å². The van der Waals surface area contributed by atoms with E-state index < -0.39 is 27.1 Å². The smallest absolute Gasteiger partial charge is 0.216 e. The summed E-state index contributed by atoms with van der Waals surface area (Å²) in [4.78, 5) is 7.58. The normalized spacial score (nSPS) is 33.6. The molecule has 4 heterocycles. The molecule has 7 rings (SSSR count). The van der Waals surface area contributed by atoms with Gasteiger partial charge in [-0.05, 0) is 111 Å². The molecule has 0 spiro atoms. The molecule has 2 N–H and O–H groups in total. The molecule has 1 saturated carbocycles. The molecule has 1 unspecified atom stereocenters. The van der Waals surface area contributed by atoms with Crippen molar-refractivity contribution >= 4 is 27.3 Å². The van der Waals surface area contributed by atoms with Gasteiger partial charge in [-0.3, -0.25) is 9.80 Å². The fourth-order valence-electron chi connectivity index (χ4n) is 9.22. The average molecular weight is 771 g/mol. The molecule has 10 nitrogen and oxygen atoms in total. The zero-order valence-electron chi connectivity index (χ0n) is 31.7. The van der Waals surface area contributed by atoms with Crippen molar-refractivity contribution in [2.75, 3.05) is 70.5 Å². The Morgan fingerprint density at radius 3 is 2.72 bits per heavy atom. The summed E-state index contributed by atoms with van der Waals surface area (Å²) in [6.07, 6.45) is 8.71. The van der Waals surface area contributed by atoms with Crippen molar-refractivity contribution in [1.29, 1.82) is 0 Å². The zero-order chi connectivity index (χ0) is 37.2. The predicted molar refractivity (Wildman–Crippen MR) is 210 cm³/mol. The lowest BCUT2D eigenvalue weighted by Gasteiger charge is -2.53. The largest absolute Gasteiger partial charge is 0.487 e. The van der Waals surface area contributed by atoms with Gasteiger partial charge in [0.2, 0.25) is 10.0 Å². The van der Waals surface area contributed by atoms with Gasteiger partial charge in [0.15, 0.2) is 0 Å². The van der Waals surface area contributed by atoms with Gasteiger partial charge in [-0.15, -0.1) is 0 Å². The van der Waals surface area contributed by atoms with Crippen LogP contribution in [0.3, 0.4) is 0 Å². The van der Waals surface area contributed by atoms with Gasteiger partial charge in [0, 0.05) is 63.5 Å². The maximum Gasteiger partial charge on any atom is 0.216 e. The van der Waals surface area contributed by atoms with Gasteiger partial charge in [0.05, 0.1) is 24.2 Å². The van der Waals surface area contributed by atoms with Crippen molar-refractivity contribution in [2.45, 2.75) is 89.0 Å². The molecule has 2 bridgehead atoms. The van der Waals surface area contributed by atoms with Gasteiger partial charge in [-0.1, -0.05) is 42.8 Å². The van der Waals surface area contributed by atoms with E-state index in [0.29, 0.717) is 42.9 Å². The molecule has 0 amide bonds. The Morgan fingerprint density at radius 1 is 1.04 bits per heavy atom. The van der Waals surface area contributed by atoms with Crippen LogP contribution in [-0.2, 0) is 32.5 Å². The number of hydrogen-bond donors (Lipinski definition) is 2. The summed E-state index contributed by atoms with van der Waals surface area (Å²) in [6.45, 7) is 14.7. The Kier molecular flexibility index (Phi) is 12.4. The molecule has 7 atom stereocenters. The minimum Gasteiger partial charge on any atom is -0.487 e. The van der Waals surface area contributed by atoms with Crippen molar-refractivity contribution < 1.29 is 27.7 Å². The van der Waals surface area contributed by atoms with E-state index in [-0.39, 0.29) is 11.8 Å². The third-order valence-corrected chi connectivity index (χ3v) is 14.9. The second-order valence-corrected chi connectivity index (χ2v) is 18.6. The number of nitrogens with zero attached hydrogens (tertiary/aromatic N) is 3. The summed E-state index contributed by atoms with van der Waals surface area (Å²) in [5, 5.41) is 11.4. The number of sulfonamides is 1. The number of rotatable bonds is 4. The summed E-state index contributed by atoms with van der Waals surface area (Å²) >= 11 is 6.42. The van der Waals surface area contributed by atoms with E-state index in [1.54, 1.807) is 13.0 Å². The quantitative estimate of drug-likeness (QED) is 0.375. The molecular formula is C41H59ClN4O6S. The van der Waals surface area contributed by atoms with Crippen LogP contribution in [-0.4, -0.2) is 106 Å². The molecule has 0 aromatic heterocycles. The highest BCUT2D eigenvalue weighted by molar-refractivity contribution is 7.90. The molecule has 2 aromatic rings. The van der Waals surface area contributed by atoms with E-state index >= 15 is 0 Å². The number of halogens is 1. The number of aryl methyl sites for hydroxylation is 1. The average Bonchev–Trinajstić information content (AvgIpc) is 3.15. The highest BCUT2D eigenvalue weighted by Gasteiger charge is 2.49. The summed E-state index contributed by atoms with van der Waals surface area (Å²) in [5.74, 6) is 1.19. The second-order valence-electron chi connectivity index (χ2n) is 16.0. The van der Waals surface area contributed by atoms with Crippen molar-refractivity contribution in [3.05, 3.63) is 70.3 Å². The van der Waals surface area contributed by atoms with Gasteiger partial charge < -0.3 is 24.2 Å². The van der Waals surface area contributed by atoms with E-state index in [0.717, 1.165) is 107 Å². The predicted octanol–water partition coefficient (Wildman–Crippen LogP) is 5.77. The number of ether oxygens (including phenoxy) is 3. The molecule has 12 heteroatoms. The molecule has 1 aliphatic carbocycles. The lowest BCUT2D eigenvalue weighted by molar-refractivity contribution is -0.121. The van der Waals surface area contributed by atoms with Gasteiger partial charge in [-0.2, -0.15) is 4.72 Å². The van der Waals surface area contributed by atoms with Crippen molar-refractivity contribution in [1.82, 2.24) is 14.5 Å². The molecule has 4 aliphatic heterocycles. The number of hydrogen-bond acceptors (Lipinski definition) is 9. The highest BCUT2D eigenvalue weighted by atomic mass is 35.5. The van der Waals surface area contributed by atoms with Crippen molar-refractivity contribution in [2.24, 2.45) is 17.8 Å². The number of aliphatic hydroxyl groups is 1. The maximum absolute atomic E-state index is 13.7. The minimum absolute atomic E-state index is 0.183. The molecule has 2 aromatic carbocycles. The number of aliphatic hydroxyl groups excluding tert-OH is 1. The number of fused-ring (bicyclic) bond motifs is 4. The van der Waals surface area contributed by atoms with E-state index in [1.807, 2.05) is 31.2 Å². The zero-order valence-corrected chi connectivity index (χ0v) is 33.3. The molecule has 0 radical (unpaired) electrons. The van der Waals surface area contributed by atoms with E-state index in [2.05, 4.69) is 44.6 Å². The third-order valence-electron chi connectivity index (χ3n) is 12.7. The molecule has 53 heavy (non-hydrogen) atoms. The molecular weight excluding hydrogens is 712 g/mol. The van der Waals surface area contributed by atoms with E-state index in [4.69, 9.17) is 25.8 Å². The van der Waals surface area contributed by atoms with Gasteiger partial charge in [-0.25, -0.2) is 8.42 Å². The first-order valence-electron chi connectivity index (χ1n) is 19.9. The SMILES string of the molecule is CCO[C@@]1(CN2CCN3CCOC[C@@H]3C2)/C=C/C[C@H](C)[C@@H](C)S(=O)(=O)NC(O)c2ccc3c(c2)N(CCCCc2cc(Cl)ccc2CO3)C[C@@H]2CC[C@H]21. The molecule has 5 aliphatic rings. The number of allylic oxidation sites excluding steroid dienone is 1. The fourth-order valence-corrected chi connectivity index (χ4v) is 10.8. The van der Waals surface area contributed by atoms with Crippen molar-refractivity contribution in [3.63, 3.8) is 0 Å². The van der Waals surface area contributed by atoms with Crippen LogP contribution in [0.15, 0.2) is 48.6 Å². The number of morpholine rings is 1. The standard InChI is InChI=1S/C41H59ClN4O6S/c1-4-52-41(28-44-18-19-45-20-21-50-27-36(45)25-44)16-7-8-29(2)30(3)53(48,49)43-40(47)32-12-15-39-38(23-32)46(24-33-11-14-37(33)41)17-6-5-9-31-22-35(42)13-10-34(31)26-51-39/h7,10,12-13,15-16,22-23,29-30,33,36-37,40,43,47H,4-6,8-9,11,14,17-21,24-28H2,1-3H3/b16-7+/t29-,30+,33-,36-,37+,40?,41+/m0/s1. The molecule has 292 valence electrons. The Hall–Kier alpha value is -2.22. The van der Waals surface area contributed by atoms with Gasteiger partial charge >= 0.3 is 0 Å². The fraction of sp³-hybridized carbons (Fsp3) is 0.659. The van der Waals surface area contributed by atoms with Crippen LogP contribution in [0, 0.1) is 17.8 Å². The second kappa shape index (κ2) is 16.9. The van der Waals surface area contributed by atoms with E-state index in [9.17, 15) is 13.5 Å². The Morgan fingerprint density at radius 2 is 1.91 bits per heavy atom. The van der Waals surface area contributed by atoms with Crippen LogP contribution < -0.4 is 14.4 Å². The third kappa shape index (κ3) is 8.78. The summed E-state index contributed by atoms with van der Waals surface area (Å²) in [5.41, 5.74) is 3.17. The minimum atomic E-state index is -3.86. The van der Waals surface area contributed by atoms with Crippen molar-refractivity contribution in [3.8, 4) is 5.75 Å². The van der Waals surface area contributed by atoms with Crippen LogP contribution >= 0.6 is 11.6 Å². The van der Waals surface area contributed by atoms with Crippen LogP contribution in [0.5, 0.6) is 5.75 Å². The van der Waals surface area contributed by atoms with Crippen LogP contribution in [0.25, 0.3) is 0 Å². The van der Waals surface area contributed by atoms with Gasteiger partial charge in [0.25, 0.3) is 0 Å². The lowest BCUT2D eigenvalue weighted by Crippen LogP contribution is -2.62. The van der Waals surface area contributed by atoms with E-state index in [1.165, 1.54) is 5.56 Å². The first kappa shape index (κ1) is 39.0. The van der Waals surface area contributed by atoms with Crippen LogP contribution in [0.4, 0.5) is 5.69 Å². The monoisotopic (exact) mass is 770 g/mol. The van der Waals surface area contributed by atoms with Crippen LogP contribution in [0.2, 0.25) is 5.02 Å². The first-order valence-corrected chi connectivity index (χ1v) is 21.8. The molecule has 3 fully saturated rings. The highest BCUT2D eigenvalue weighted by Crippen LogP contribution is 2.47. The Balaban J connectivity index is 1.26. The lowest BCUT2D eigenvalue weighted by atomic mass is 9.63.